The molecule has 24 aromatic rings. The van der Waals surface area contributed by atoms with Gasteiger partial charge in [-0.3, -0.25) is 17.9 Å². The molecule has 0 aliphatic heterocycles. The molecular formula is C98H58N12. The average molecular weight is 1400 g/mol. The maximum absolute atomic E-state index is 5.45. The summed E-state index contributed by atoms with van der Waals surface area (Å²) in [7, 11) is 0. The predicted octanol–water partition coefficient (Wildman–Crippen LogP) is 23.9. The van der Waals surface area contributed by atoms with Gasteiger partial charge in [0.2, 0.25) is 11.6 Å². The molecule has 12 heteroatoms. The number of hydrogen-bond acceptors (Lipinski definition) is 6. The van der Waals surface area contributed by atoms with Crippen LogP contribution in [0, 0.1) is 0 Å². The molecule has 0 bridgehead atoms. The number of fused-ring (bicyclic) bond motifs is 20. The minimum Gasteiger partial charge on any atom is -0.309 e. The van der Waals surface area contributed by atoms with E-state index in [1.54, 1.807) is 0 Å². The van der Waals surface area contributed by atoms with Gasteiger partial charge < -0.3 is 9.13 Å². The van der Waals surface area contributed by atoms with Crippen molar-refractivity contribution in [1.82, 2.24) is 57.0 Å². The monoisotopic (exact) mass is 1400 g/mol. The number of hydrogen-bond donors (Lipinski definition) is 0. The van der Waals surface area contributed by atoms with Crippen LogP contribution in [0.4, 0.5) is 0 Å². The van der Waals surface area contributed by atoms with E-state index in [2.05, 4.69) is 379 Å². The molecule has 12 nitrogen and oxygen atoms in total. The van der Waals surface area contributed by atoms with E-state index >= 15 is 0 Å². The van der Waals surface area contributed by atoms with Crippen molar-refractivity contribution < 1.29 is 0 Å². The van der Waals surface area contributed by atoms with Crippen LogP contribution in [0.1, 0.15) is 0 Å². The van der Waals surface area contributed by atoms with Crippen LogP contribution in [0.5, 0.6) is 0 Å². The molecule has 8 aromatic heterocycles. The molecule has 8 heterocycles. The van der Waals surface area contributed by atoms with Gasteiger partial charge in [-0.15, -0.1) is 0 Å². The van der Waals surface area contributed by atoms with Crippen molar-refractivity contribution in [2.24, 2.45) is 0 Å². The number of benzene rings is 16. The van der Waals surface area contributed by atoms with Crippen LogP contribution in [-0.2, 0) is 0 Å². The van der Waals surface area contributed by atoms with Crippen molar-refractivity contribution >= 4 is 143 Å². The summed E-state index contributed by atoms with van der Waals surface area (Å²) in [4.78, 5) is 32.0. The SMILES string of the molecule is c1cc(-c2nc(-c3ccc4ccccc4c3)c3ccccc3n2)cc(-n2c3ccc(-c4ccc5c6cc(-n7c8ccccc8n8c9ccccc9nc78)ccc6n(-c6ccc(-c7nc(-c8ccc9ccccc9c8)c8ccccc8n7)cc6)c5c4)cc3c3cc(-n4c5ccccc5n5c6ccccc6nc45)ccc32)c1. The number of rotatable bonds is 9. The van der Waals surface area contributed by atoms with Gasteiger partial charge in [0.05, 0.1) is 88.6 Å². The largest absolute Gasteiger partial charge is 0.309 e. The Labute approximate surface area is 626 Å². The number of nitrogens with zero attached hydrogens (tertiary/aromatic N) is 12. The predicted molar refractivity (Wildman–Crippen MR) is 450 cm³/mol. The van der Waals surface area contributed by atoms with Crippen LogP contribution in [0.15, 0.2) is 352 Å². The molecule has 16 aromatic carbocycles. The average Bonchev–Trinajstić information content (AvgIpc) is 1.56. The van der Waals surface area contributed by atoms with Gasteiger partial charge >= 0.3 is 0 Å². The zero-order valence-corrected chi connectivity index (χ0v) is 58.9. The second-order valence-electron chi connectivity index (χ2n) is 28.7. The molecule has 0 aliphatic rings. The third-order valence-corrected chi connectivity index (χ3v) is 22.6. The summed E-state index contributed by atoms with van der Waals surface area (Å²) >= 11 is 0. The molecule has 0 spiro atoms. The van der Waals surface area contributed by atoms with E-state index < -0.39 is 0 Å². The maximum atomic E-state index is 5.45. The Hall–Kier alpha value is -15.1. The highest BCUT2D eigenvalue weighted by Crippen LogP contribution is 2.44. The molecule has 0 aliphatic carbocycles. The Morgan fingerprint density at radius 3 is 1.15 bits per heavy atom. The second-order valence-corrected chi connectivity index (χ2v) is 28.7. The van der Waals surface area contributed by atoms with Gasteiger partial charge in [0, 0.05) is 77.3 Å². The molecule has 110 heavy (non-hydrogen) atoms. The Morgan fingerprint density at radius 2 is 0.582 bits per heavy atom. The molecule has 0 atom stereocenters. The third-order valence-electron chi connectivity index (χ3n) is 22.6. The fourth-order valence-corrected chi connectivity index (χ4v) is 17.5. The zero-order chi connectivity index (χ0) is 71.8. The summed E-state index contributed by atoms with van der Waals surface area (Å²) in [5, 5.41) is 11.1. The van der Waals surface area contributed by atoms with E-state index in [0.717, 1.165) is 194 Å². The van der Waals surface area contributed by atoms with Crippen LogP contribution in [0.2, 0.25) is 0 Å². The van der Waals surface area contributed by atoms with Crippen LogP contribution >= 0.6 is 0 Å². The first-order valence-corrected chi connectivity index (χ1v) is 37.1. The van der Waals surface area contributed by atoms with Crippen molar-refractivity contribution in [3.63, 3.8) is 0 Å². The van der Waals surface area contributed by atoms with E-state index in [1.807, 2.05) is 0 Å². The first kappa shape index (κ1) is 60.2. The van der Waals surface area contributed by atoms with Gasteiger partial charge in [-0.25, -0.2) is 29.9 Å². The summed E-state index contributed by atoms with van der Waals surface area (Å²) in [5.74, 6) is 3.03. The van der Waals surface area contributed by atoms with E-state index in [-0.39, 0.29) is 0 Å². The molecule has 0 saturated carbocycles. The van der Waals surface area contributed by atoms with Crippen molar-refractivity contribution in [2.45, 2.75) is 0 Å². The van der Waals surface area contributed by atoms with E-state index in [4.69, 9.17) is 29.9 Å². The molecule has 0 saturated heterocycles. The number of imidazole rings is 4. The molecular weight excluding hydrogens is 1350 g/mol. The highest BCUT2D eigenvalue weighted by Gasteiger charge is 2.25. The Kier molecular flexibility index (Phi) is 12.7. The lowest BCUT2D eigenvalue weighted by molar-refractivity contribution is 1.11. The molecule has 0 unspecified atom stereocenters. The summed E-state index contributed by atoms with van der Waals surface area (Å²) in [6.07, 6.45) is 0. The zero-order valence-electron chi connectivity index (χ0n) is 58.9. The lowest BCUT2D eigenvalue weighted by Gasteiger charge is -2.13. The van der Waals surface area contributed by atoms with E-state index in [0.29, 0.717) is 11.6 Å². The minimum absolute atomic E-state index is 0.655. The number of para-hydroxylation sites is 10. The number of aromatic nitrogens is 12. The van der Waals surface area contributed by atoms with Gasteiger partial charge in [0.25, 0.3) is 0 Å². The van der Waals surface area contributed by atoms with Crippen LogP contribution < -0.4 is 0 Å². The topological polar surface area (TPSA) is 106 Å². The first-order valence-electron chi connectivity index (χ1n) is 37.1. The maximum Gasteiger partial charge on any atom is 0.220 e. The molecule has 510 valence electrons. The normalized spacial score (nSPS) is 12.2. The fourth-order valence-electron chi connectivity index (χ4n) is 17.5. The Balaban J connectivity index is 0.699. The fraction of sp³-hybridized carbons (Fsp3) is 0. The van der Waals surface area contributed by atoms with E-state index in [9.17, 15) is 0 Å². The van der Waals surface area contributed by atoms with Gasteiger partial charge in [-0.2, -0.15) is 0 Å². The summed E-state index contributed by atoms with van der Waals surface area (Å²) < 4.78 is 14.0. The first-order chi connectivity index (χ1) is 54.5. The van der Waals surface area contributed by atoms with Gasteiger partial charge in [-0.1, -0.05) is 188 Å². The highest BCUT2D eigenvalue weighted by molar-refractivity contribution is 6.14. The van der Waals surface area contributed by atoms with Crippen molar-refractivity contribution in [2.75, 3.05) is 0 Å². The Bertz CT molecular complexity index is 8060. The smallest absolute Gasteiger partial charge is 0.220 e. The third kappa shape index (κ3) is 9.01. The molecule has 24 rings (SSSR count). The van der Waals surface area contributed by atoms with Crippen LogP contribution in [-0.4, -0.2) is 57.0 Å². The van der Waals surface area contributed by atoms with Gasteiger partial charge in [-0.05, 0) is 196 Å². The quantitative estimate of drug-likeness (QED) is 0.143. The van der Waals surface area contributed by atoms with Crippen molar-refractivity contribution in [3.05, 3.63) is 352 Å². The second kappa shape index (κ2) is 23.2. The highest BCUT2D eigenvalue weighted by atomic mass is 15.2. The lowest BCUT2D eigenvalue weighted by atomic mass is 10.0. The van der Waals surface area contributed by atoms with Gasteiger partial charge in [0.15, 0.2) is 11.6 Å². The van der Waals surface area contributed by atoms with E-state index in [1.165, 1.54) is 16.2 Å². The van der Waals surface area contributed by atoms with Crippen LogP contribution in [0.25, 0.3) is 222 Å². The molecule has 0 radical (unpaired) electrons. The lowest BCUT2D eigenvalue weighted by Crippen LogP contribution is -1.98. The van der Waals surface area contributed by atoms with Crippen LogP contribution in [0.3, 0.4) is 0 Å². The summed E-state index contributed by atoms with van der Waals surface area (Å²) in [5.41, 5.74) is 26.3. The Morgan fingerprint density at radius 1 is 0.173 bits per heavy atom. The van der Waals surface area contributed by atoms with Crippen molar-refractivity contribution in [1.29, 1.82) is 0 Å². The summed E-state index contributed by atoms with van der Waals surface area (Å²) in [6.45, 7) is 0. The minimum atomic E-state index is 0.655. The van der Waals surface area contributed by atoms with Crippen molar-refractivity contribution in [3.8, 4) is 79.2 Å². The molecule has 0 amide bonds. The van der Waals surface area contributed by atoms with Gasteiger partial charge in [0.1, 0.15) is 0 Å². The standard InChI is InChI=1S/C98H58N12/c1-3-20-62-52-66(38-36-59(62)18-1)93-74-24-5-7-26-79(74)99-95(103-93)61-40-44-69(45-41-61)105-84-50-46-71(107-88-32-13-15-34-90(88)109-86-30-11-9-28-81(86)101-97(107)109)57-77(84)73-48-42-65(56-92(73)105)64-43-49-83-76(55-64)78-58-72(108-89-33-14-16-35-91(89)110-87-31-12-10-29-82(87)102-98(108)110)47-51-85(78)106(83)70-23-17-22-68(54-70)96-100-80-27-8-6-25-75(80)94(104-96)67-39-37-60-19-2-4-21-63(60)53-67/h1-58H. The molecule has 0 N–H and O–H groups in total. The summed E-state index contributed by atoms with van der Waals surface area (Å²) in [6, 6.07) is 126. The molecule has 0 fully saturated rings.